The number of amides is 2. The van der Waals surface area contributed by atoms with Crippen LogP contribution in [-0.2, 0) is 22.4 Å². The number of aryl methyl sites for hydroxylation is 1. The Morgan fingerprint density at radius 1 is 1.23 bits per heavy atom. The van der Waals surface area contributed by atoms with Crippen molar-refractivity contribution in [3.05, 3.63) is 59.2 Å². The molecule has 4 nitrogen and oxygen atoms in total. The first-order valence-electron chi connectivity index (χ1n) is 7.28. The summed E-state index contributed by atoms with van der Waals surface area (Å²) in [7, 11) is 1.77. The monoisotopic (exact) mass is 294 g/mol. The van der Waals surface area contributed by atoms with Crippen LogP contribution in [0.4, 0.5) is 11.4 Å². The fourth-order valence-corrected chi connectivity index (χ4v) is 2.76. The van der Waals surface area contributed by atoms with Gasteiger partial charge < -0.3 is 10.2 Å². The highest BCUT2D eigenvalue weighted by Crippen LogP contribution is 2.29. The molecule has 1 heterocycles. The molecular formula is C18H18N2O2. The fraction of sp³-hybridized carbons (Fsp3) is 0.222. The second kappa shape index (κ2) is 5.64. The van der Waals surface area contributed by atoms with E-state index in [4.69, 9.17) is 0 Å². The van der Waals surface area contributed by atoms with Gasteiger partial charge >= 0.3 is 0 Å². The quantitative estimate of drug-likeness (QED) is 0.946. The van der Waals surface area contributed by atoms with E-state index in [1.54, 1.807) is 11.9 Å². The molecule has 0 unspecified atom stereocenters. The second-order valence-corrected chi connectivity index (χ2v) is 5.69. The topological polar surface area (TPSA) is 49.4 Å². The van der Waals surface area contributed by atoms with E-state index in [1.165, 1.54) is 0 Å². The average molecular weight is 294 g/mol. The van der Waals surface area contributed by atoms with Crippen LogP contribution in [-0.4, -0.2) is 18.9 Å². The van der Waals surface area contributed by atoms with Gasteiger partial charge in [-0.05, 0) is 36.2 Å². The number of nitrogens with zero attached hydrogens (tertiary/aromatic N) is 1. The smallest absolute Gasteiger partial charge is 0.231 e. The molecule has 22 heavy (non-hydrogen) atoms. The first kappa shape index (κ1) is 14.3. The van der Waals surface area contributed by atoms with E-state index >= 15 is 0 Å². The van der Waals surface area contributed by atoms with Crippen molar-refractivity contribution in [3.8, 4) is 0 Å². The van der Waals surface area contributed by atoms with Gasteiger partial charge in [-0.1, -0.05) is 29.8 Å². The summed E-state index contributed by atoms with van der Waals surface area (Å²) in [5, 5.41) is 2.90. The van der Waals surface area contributed by atoms with Crippen LogP contribution in [0.2, 0.25) is 0 Å². The van der Waals surface area contributed by atoms with Crippen molar-refractivity contribution in [1.29, 1.82) is 0 Å². The van der Waals surface area contributed by atoms with Crippen molar-refractivity contribution in [1.82, 2.24) is 0 Å². The molecule has 0 bridgehead atoms. The third-order valence-electron chi connectivity index (χ3n) is 3.89. The normalized spacial score (nSPS) is 13.2. The predicted octanol–water partition coefficient (Wildman–Crippen LogP) is 2.70. The Bertz CT molecular complexity index is 753. The Morgan fingerprint density at radius 3 is 2.82 bits per heavy atom. The molecule has 0 atom stereocenters. The third kappa shape index (κ3) is 2.86. The maximum Gasteiger partial charge on any atom is 0.231 e. The molecule has 1 N–H and O–H groups in total. The largest absolute Gasteiger partial charge is 0.326 e. The van der Waals surface area contributed by atoms with Gasteiger partial charge in [0.05, 0.1) is 12.8 Å². The van der Waals surface area contributed by atoms with Crippen LogP contribution < -0.4 is 10.2 Å². The van der Waals surface area contributed by atoms with E-state index in [0.29, 0.717) is 12.8 Å². The molecule has 0 aromatic heterocycles. The van der Waals surface area contributed by atoms with Gasteiger partial charge in [0.25, 0.3) is 0 Å². The molecule has 2 aromatic carbocycles. The number of benzene rings is 2. The minimum absolute atomic E-state index is 0.0526. The summed E-state index contributed by atoms with van der Waals surface area (Å²) in [6.07, 6.45) is 0.741. The Labute approximate surface area is 129 Å². The van der Waals surface area contributed by atoms with Crippen molar-refractivity contribution in [3.63, 3.8) is 0 Å². The molecule has 0 fully saturated rings. The van der Waals surface area contributed by atoms with E-state index in [9.17, 15) is 9.59 Å². The summed E-state index contributed by atoms with van der Waals surface area (Å²) in [5.74, 6) is 0.0291. The van der Waals surface area contributed by atoms with E-state index in [-0.39, 0.29) is 11.8 Å². The third-order valence-corrected chi connectivity index (χ3v) is 3.89. The van der Waals surface area contributed by atoms with Gasteiger partial charge in [-0.15, -0.1) is 0 Å². The average Bonchev–Trinajstić information content (AvgIpc) is 2.73. The summed E-state index contributed by atoms with van der Waals surface area (Å²) in [5.41, 5.74) is 4.75. The fourth-order valence-electron chi connectivity index (χ4n) is 2.76. The van der Waals surface area contributed by atoms with Crippen LogP contribution in [0.3, 0.4) is 0 Å². The first-order chi connectivity index (χ1) is 10.5. The van der Waals surface area contributed by atoms with Crippen molar-refractivity contribution < 1.29 is 9.59 Å². The SMILES string of the molecule is Cc1cccc(CC(=O)Nc2ccc3c(c2)CC(=O)N3C)c1. The van der Waals surface area contributed by atoms with E-state index in [1.807, 2.05) is 49.4 Å². The van der Waals surface area contributed by atoms with Crippen LogP contribution >= 0.6 is 0 Å². The summed E-state index contributed by atoms with van der Waals surface area (Å²) >= 11 is 0. The highest BCUT2D eigenvalue weighted by molar-refractivity contribution is 6.02. The number of hydrogen-bond acceptors (Lipinski definition) is 2. The molecule has 0 saturated heterocycles. The molecule has 2 amide bonds. The van der Waals surface area contributed by atoms with E-state index in [0.717, 1.165) is 28.1 Å². The number of carbonyl (C=O) groups is 2. The molecule has 1 aliphatic rings. The molecule has 0 radical (unpaired) electrons. The van der Waals surface area contributed by atoms with Gasteiger partial charge in [-0.2, -0.15) is 0 Å². The van der Waals surface area contributed by atoms with Crippen molar-refractivity contribution >= 4 is 23.2 Å². The molecule has 1 aliphatic heterocycles. The number of rotatable bonds is 3. The number of nitrogens with one attached hydrogen (secondary N) is 1. The number of hydrogen-bond donors (Lipinski definition) is 1. The lowest BCUT2D eigenvalue weighted by Crippen LogP contribution is -2.20. The number of likely N-dealkylation sites (N-methyl/N-ethyl adjacent to an activating group) is 1. The maximum atomic E-state index is 12.1. The summed E-state index contributed by atoms with van der Waals surface area (Å²) in [6, 6.07) is 13.5. The molecule has 112 valence electrons. The Kier molecular flexibility index (Phi) is 3.67. The summed E-state index contributed by atoms with van der Waals surface area (Å²) in [4.78, 5) is 25.5. The lowest BCUT2D eigenvalue weighted by Gasteiger charge is -2.11. The molecular weight excluding hydrogens is 276 g/mol. The Hall–Kier alpha value is -2.62. The van der Waals surface area contributed by atoms with Gasteiger partial charge in [0.2, 0.25) is 11.8 Å². The highest BCUT2D eigenvalue weighted by atomic mass is 16.2. The molecule has 2 aromatic rings. The predicted molar refractivity (Wildman–Crippen MR) is 87.1 cm³/mol. The minimum atomic E-state index is -0.0526. The van der Waals surface area contributed by atoms with Crippen molar-refractivity contribution in [2.75, 3.05) is 17.3 Å². The minimum Gasteiger partial charge on any atom is -0.326 e. The van der Waals surface area contributed by atoms with Gasteiger partial charge in [0, 0.05) is 18.4 Å². The van der Waals surface area contributed by atoms with Gasteiger partial charge in [0.1, 0.15) is 0 Å². The zero-order valence-electron chi connectivity index (χ0n) is 12.7. The number of fused-ring (bicyclic) bond motifs is 1. The number of anilines is 2. The van der Waals surface area contributed by atoms with Crippen molar-refractivity contribution in [2.24, 2.45) is 0 Å². The van der Waals surface area contributed by atoms with E-state index < -0.39 is 0 Å². The van der Waals surface area contributed by atoms with Gasteiger partial charge in [-0.3, -0.25) is 9.59 Å². The standard InChI is InChI=1S/C18H18N2O2/c1-12-4-3-5-13(8-12)9-17(21)19-15-6-7-16-14(10-15)11-18(22)20(16)2/h3-8,10H,9,11H2,1-2H3,(H,19,21). The highest BCUT2D eigenvalue weighted by Gasteiger charge is 2.23. The zero-order chi connectivity index (χ0) is 15.7. The maximum absolute atomic E-state index is 12.1. The van der Waals surface area contributed by atoms with Crippen LogP contribution in [0.25, 0.3) is 0 Å². The van der Waals surface area contributed by atoms with Crippen LogP contribution in [0.5, 0.6) is 0 Å². The Morgan fingerprint density at radius 2 is 2.05 bits per heavy atom. The Balaban J connectivity index is 1.70. The molecule has 0 aliphatic carbocycles. The summed E-state index contributed by atoms with van der Waals surface area (Å²) < 4.78 is 0. The lowest BCUT2D eigenvalue weighted by atomic mass is 10.1. The van der Waals surface area contributed by atoms with Crippen molar-refractivity contribution in [2.45, 2.75) is 19.8 Å². The second-order valence-electron chi connectivity index (χ2n) is 5.69. The first-order valence-corrected chi connectivity index (χ1v) is 7.28. The molecule has 3 rings (SSSR count). The number of carbonyl (C=O) groups excluding carboxylic acids is 2. The van der Waals surface area contributed by atoms with Gasteiger partial charge in [0.15, 0.2) is 0 Å². The zero-order valence-corrected chi connectivity index (χ0v) is 12.7. The van der Waals surface area contributed by atoms with Crippen LogP contribution in [0.1, 0.15) is 16.7 Å². The molecule has 0 spiro atoms. The van der Waals surface area contributed by atoms with Crippen LogP contribution in [0.15, 0.2) is 42.5 Å². The van der Waals surface area contributed by atoms with E-state index in [2.05, 4.69) is 5.32 Å². The molecule has 0 saturated carbocycles. The van der Waals surface area contributed by atoms with Crippen LogP contribution in [0, 0.1) is 6.92 Å². The lowest BCUT2D eigenvalue weighted by molar-refractivity contribution is -0.117. The summed E-state index contributed by atoms with van der Waals surface area (Å²) in [6.45, 7) is 2.01. The molecule has 4 heteroatoms. The van der Waals surface area contributed by atoms with Gasteiger partial charge in [-0.25, -0.2) is 0 Å².